The van der Waals surface area contributed by atoms with E-state index in [1.165, 1.54) is 11.3 Å². The largest absolute Gasteiger partial charge is 0.497 e. The van der Waals surface area contributed by atoms with Gasteiger partial charge in [0, 0.05) is 60.5 Å². The van der Waals surface area contributed by atoms with Gasteiger partial charge in [-0.1, -0.05) is 41.9 Å². The van der Waals surface area contributed by atoms with E-state index in [0.717, 1.165) is 27.7 Å². The third-order valence-electron chi connectivity index (χ3n) is 6.72. The normalized spacial score (nSPS) is 14.4. The lowest BCUT2D eigenvalue weighted by molar-refractivity contribution is -0.126. The van der Waals surface area contributed by atoms with E-state index in [4.69, 9.17) is 16.3 Å². The minimum atomic E-state index is -0.330. The highest BCUT2D eigenvalue weighted by atomic mass is 35.5. The number of carbonyl (C=O) groups excluding carboxylic acids is 1. The van der Waals surface area contributed by atoms with Crippen LogP contribution in [0.4, 0.5) is 9.39 Å². The first-order chi connectivity index (χ1) is 17.9. The Bertz CT molecular complexity index is 1490. The average Bonchev–Trinajstić information content (AvgIpc) is 3.32. The highest BCUT2D eigenvalue weighted by molar-refractivity contribution is 7.16. The number of halogens is 2. The second-order valence-electron chi connectivity index (χ2n) is 9.42. The van der Waals surface area contributed by atoms with E-state index in [1.54, 1.807) is 13.2 Å². The van der Waals surface area contributed by atoms with Crippen molar-refractivity contribution in [3.8, 4) is 16.9 Å². The van der Waals surface area contributed by atoms with Crippen LogP contribution < -0.4 is 9.64 Å². The smallest absolute Gasteiger partial charge is 0.246 e. The zero-order chi connectivity index (χ0) is 26.1. The van der Waals surface area contributed by atoms with E-state index in [-0.39, 0.29) is 11.7 Å². The summed E-state index contributed by atoms with van der Waals surface area (Å²) in [5.41, 5.74) is 1.09. The Morgan fingerprint density at radius 1 is 1.11 bits per heavy atom. The topological polar surface area (TPSA) is 36.0 Å². The maximum absolute atomic E-state index is 16.1. The molecule has 1 fully saturated rings. The number of benzene rings is 3. The molecule has 4 aromatic rings. The van der Waals surface area contributed by atoms with Gasteiger partial charge in [0.1, 0.15) is 11.6 Å². The molecule has 37 heavy (non-hydrogen) atoms. The number of fused-ring (bicyclic) bond motifs is 2. The second-order valence-corrected chi connectivity index (χ2v) is 10.7. The maximum atomic E-state index is 16.1. The summed E-state index contributed by atoms with van der Waals surface area (Å²) in [5.74, 6) is 0.351. The molecule has 0 aliphatic carbocycles. The fraction of sp³-hybridized carbons (Fsp3) is 0.276. The van der Waals surface area contributed by atoms with Crippen LogP contribution in [0.25, 0.3) is 32.7 Å². The van der Waals surface area contributed by atoms with Crippen molar-refractivity contribution in [2.24, 2.45) is 0 Å². The fourth-order valence-corrected chi connectivity index (χ4v) is 6.19. The van der Waals surface area contributed by atoms with Crippen molar-refractivity contribution < 1.29 is 13.9 Å². The van der Waals surface area contributed by atoms with Crippen molar-refractivity contribution in [1.82, 2.24) is 9.80 Å². The molecule has 1 amide bonds. The monoisotopic (exact) mass is 537 g/mol. The quantitative estimate of drug-likeness (QED) is 0.271. The average molecular weight is 538 g/mol. The molecule has 3 aromatic carbocycles. The van der Waals surface area contributed by atoms with Gasteiger partial charge in [-0.3, -0.25) is 4.79 Å². The van der Waals surface area contributed by atoms with E-state index < -0.39 is 0 Å². The van der Waals surface area contributed by atoms with Crippen molar-refractivity contribution >= 4 is 55.4 Å². The SMILES string of the molecule is COc1cc(-c2c(Cl)cc3c(N4CCN(C(=O)/C=C/CN(C)C)CC4)scc3c2F)c2ccccc2c1. The van der Waals surface area contributed by atoms with Crippen LogP contribution in [0.3, 0.4) is 0 Å². The zero-order valence-corrected chi connectivity index (χ0v) is 22.7. The Hall–Kier alpha value is -3.13. The molecule has 0 bridgehead atoms. The van der Waals surface area contributed by atoms with Gasteiger partial charge in [-0.15, -0.1) is 11.3 Å². The molecule has 0 N–H and O–H groups in total. The molecule has 2 heterocycles. The van der Waals surface area contributed by atoms with Crippen LogP contribution in [0.15, 0.2) is 60.0 Å². The molecule has 0 radical (unpaired) electrons. The molecule has 0 unspecified atom stereocenters. The van der Waals surface area contributed by atoms with Gasteiger partial charge in [-0.25, -0.2) is 4.39 Å². The van der Waals surface area contributed by atoms with Crippen molar-refractivity contribution in [3.05, 3.63) is 70.8 Å². The number of amides is 1. The summed E-state index contributed by atoms with van der Waals surface area (Å²) in [6.07, 6.45) is 3.53. The number of rotatable bonds is 6. The summed E-state index contributed by atoms with van der Waals surface area (Å²) in [7, 11) is 5.54. The molecule has 1 aromatic heterocycles. The molecular weight excluding hydrogens is 509 g/mol. The third-order valence-corrected chi connectivity index (χ3v) is 8.08. The minimum Gasteiger partial charge on any atom is -0.497 e. The lowest BCUT2D eigenvalue weighted by Crippen LogP contribution is -2.48. The number of likely N-dealkylation sites (N-methyl/N-ethyl adjacent to an activating group) is 1. The predicted octanol–water partition coefficient (Wildman–Crippen LogP) is 6.29. The Balaban J connectivity index is 1.44. The van der Waals surface area contributed by atoms with Crippen molar-refractivity contribution in [2.75, 3.05) is 58.8 Å². The number of hydrogen-bond acceptors (Lipinski definition) is 5. The molecule has 192 valence electrons. The number of thiophene rings is 1. The lowest BCUT2D eigenvalue weighted by atomic mass is 9.95. The van der Waals surface area contributed by atoms with E-state index in [1.807, 2.05) is 77.8 Å². The molecule has 1 saturated heterocycles. The van der Waals surface area contributed by atoms with E-state index in [2.05, 4.69) is 4.90 Å². The number of carbonyl (C=O) groups is 1. The lowest BCUT2D eigenvalue weighted by Gasteiger charge is -2.35. The summed E-state index contributed by atoms with van der Waals surface area (Å²) >= 11 is 8.30. The molecule has 5 rings (SSSR count). The summed E-state index contributed by atoms with van der Waals surface area (Å²) in [6, 6.07) is 13.5. The number of methoxy groups -OCH3 is 1. The van der Waals surface area contributed by atoms with Crippen molar-refractivity contribution in [1.29, 1.82) is 0 Å². The van der Waals surface area contributed by atoms with Gasteiger partial charge in [-0.2, -0.15) is 0 Å². The first-order valence-electron chi connectivity index (χ1n) is 12.2. The van der Waals surface area contributed by atoms with Crippen LogP contribution in [-0.4, -0.2) is 69.6 Å². The Morgan fingerprint density at radius 2 is 1.86 bits per heavy atom. The Morgan fingerprint density at radius 3 is 2.59 bits per heavy atom. The van der Waals surface area contributed by atoms with E-state index in [0.29, 0.717) is 53.5 Å². The predicted molar refractivity (Wildman–Crippen MR) is 153 cm³/mol. The van der Waals surface area contributed by atoms with Crippen LogP contribution >= 0.6 is 22.9 Å². The number of piperazine rings is 1. The van der Waals surface area contributed by atoms with Gasteiger partial charge < -0.3 is 19.4 Å². The number of nitrogens with zero attached hydrogens (tertiary/aromatic N) is 3. The summed E-state index contributed by atoms with van der Waals surface area (Å²) in [4.78, 5) is 18.6. The van der Waals surface area contributed by atoms with Gasteiger partial charge in [0.15, 0.2) is 0 Å². The standard InChI is InChI=1S/C29H29ClFN3O2S/c1-32(2)10-6-9-26(35)33-11-13-34(14-12-33)29-23-17-25(30)27(28(31)24(23)18-37-29)22-16-20(36-3)15-19-7-4-5-8-21(19)22/h4-9,15-18H,10-14H2,1-3H3/b9-6+. The molecule has 0 atom stereocenters. The molecule has 0 saturated carbocycles. The van der Waals surface area contributed by atoms with Crippen LogP contribution in [0.5, 0.6) is 5.75 Å². The molecule has 8 heteroatoms. The summed E-state index contributed by atoms with van der Waals surface area (Å²) < 4.78 is 21.6. The summed E-state index contributed by atoms with van der Waals surface area (Å²) in [5, 5.41) is 6.44. The number of anilines is 1. The van der Waals surface area contributed by atoms with Gasteiger partial charge in [-0.05, 0) is 48.6 Å². The first-order valence-corrected chi connectivity index (χ1v) is 13.4. The van der Waals surface area contributed by atoms with Crippen molar-refractivity contribution in [3.63, 3.8) is 0 Å². The first kappa shape index (κ1) is 25.5. The highest BCUT2D eigenvalue weighted by Gasteiger charge is 2.25. The number of ether oxygens (including phenoxy) is 1. The molecule has 0 spiro atoms. The molecule has 5 nitrogen and oxygen atoms in total. The maximum Gasteiger partial charge on any atom is 0.246 e. The van der Waals surface area contributed by atoms with Gasteiger partial charge >= 0.3 is 0 Å². The van der Waals surface area contributed by atoms with Crippen LogP contribution in [0.2, 0.25) is 5.02 Å². The number of hydrogen-bond donors (Lipinski definition) is 0. The highest BCUT2D eigenvalue weighted by Crippen LogP contribution is 2.45. The zero-order valence-electron chi connectivity index (χ0n) is 21.1. The van der Waals surface area contributed by atoms with Gasteiger partial charge in [0.05, 0.1) is 17.1 Å². The summed E-state index contributed by atoms with van der Waals surface area (Å²) in [6.45, 7) is 3.34. The van der Waals surface area contributed by atoms with E-state index >= 15 is 4.39 Å². The minimum absolute atomic E-state index is 0.0294. The Kier molecular flexibility index (Phi) is 7.38. The van der Waals surface area contributed by atoms with Crippen LogP contribution in [0.1, 0.15) is 0 Å². The van der Waals surface area contributed by atoms with Crippen molar-refractivity contribution in [2.45, 2.75) is 0 Å². The van der Waals surface area contributed by atoms with Crippen LogP contribution in [-0.2, 0) is 4.79 Å². The van der Waals surface area contributed by atoms with E-state index in [9.17, 15) is 4.79 Å². The second kappa shape index (κ2) is 10.7. The van der Waals surface area contributed by atoms with Gasteiger partial charge in [0.25, 0.3) is 0 Å². The molecule has 1 aliphatic rings. The molecular formula is C29H29ClFN3O2S. The fourth-order valence-electron chi connectivity index (χ4n) is 4.80. The molecule has 1 aliphatic heterocycles. The van der Waals surface area contributed by atoms with Crippen LogP contribution in [0, 0.1) is 5.82 Å². The van der Waals surface area contributed by atoms with Gasteiger partial charge in [0.2, 0.25) is 5.91 Å². The Labute approximate surface area is 225 Å². The third kappa shape index (κ3) is 5.04.